The zero-order chi connectivity index (χ0) is 13.9. The number of ether oxygens (including phenoxy) is 2. The molecule has 1 aromatic heterocycles. The predicted octanol–water partition coefficient (Wildman–Crippen LogP) is 0.458. The molecule has 0 radical (unpaired) electrons. The van der Waals surface area contributed by atoms with Crippen LogP contribution in [0.1, 0.15) is 24.2 Å². The van der Waals surface area contributed by atoms with E-state index in [0.29, 0.717) is 31.0 Å². The largest absolute Gasteiger partial charge is 0.353 e. The zero-order valence-corrected chi connectivity index (χ0v) is 11.9. The Kier molecular flexibility index (Phi) is 4.56. The van der Waals surface area contributed by atoms with Crippen LogP contribution in [-0.4, -0.2) is 44.7 Å². The molecule has 1 aliphatic heterocycles. The molecule has 2 heterocycles. The van der Waals surface area contributed by atoms with Crippen LogP contribution in [-0.2, 0) is 19.5 Å². The standard InChI is InChI=1S/C11H19N3O4S/c1-8-11(9(2)14-13-8)19(15,16)12-5-4-10-17-6-3-7-18-10/h10,12H,3-7H2,1-2H3,(H,13,14). The normalized spacial score (nSPS) is 17.8. The lowest BCUT2D eigenvalue weighted by Gasteiger charge is -2.23. The van der Waals surface area contributed by atoms with Crippen LogP contribution in [0.4, 0.5) is 0 Å². The molecule has 0 unspecified atom stereocenters. The molecule has 108 valence electrons. The predicted molar refractivity (Wildman–Crippen MR) is 68.2 cm³/mol. The third-order valence-electron chi connectivity index (χ3n) is 2.90. The Balaban J connectivity index is 1.91. The maximum absolute atomic E-state index is 12.1. The van der Waals surface area contributed by atoms with Gasteiger partial charge < -0.3 is 9.47 Å². The Morgan fingerprint density at radius 1 is 1.37 bits per heavy atom. The minimum absolute atomic E-state index is 0.220. The van der Waals surface area contributed by atoms with Gasteiger partial charge in [-0.1, -0.05) is 0 Å². The Labute approximate surface area is 112 Å². The highest BCUT2D eigenvalue weighted by Crippen LogP contribution is 2.16. The molecular weight excluding hydrogens is 270 g/mol. The van der Waals surface area contributed by atoms with E-state index in [1.807, 2.05) is 0 Å². The quantitative estimate of drug-likeness (QED) is 0.821. The van der Waals surface area contributed by atoms with Gasteiger partial charge in [-0.2, -0.15) is 5.10 Å². The molecule has 0 aromatic carbocycles. The highest BCUT2D eigenvalue weighted by molar-refractivity contribution is 7.89. The number of aryl methyl sites for hydroxylation is 2. The summed E-state index contributed by atoms with van der Waals surface area (Å²) in [6.45, 7) is 4.94. The molecule has 19 heavy (non-hydrogen) atoms. The van der Waals surface area contributed by atoms with Gasteiger partial charge in [0, 0.05) is 13.0 Å². The van der Waals surface area contributed by atoms with Gasteiger partial charge in [0.1, 0.15) is 4.90 Å². The highest BCUT2D eigenvalue weighted by atomic mass is 32.2. The van der Waals surface area contributed by atoms with Gasteiger partial charge in [-0.25, -0.2) is 13.1 Å². The van der Waals surface area contributed by atoms with E-state index in [0.717, 1.165) is 6.42 Å². The summed E-state index contributed by atoms with van der Waals surface area (Å²) in [6, 6.07) is 0. The summed E-state index contributed by atoms with van der Waals surface area (Å²) in [5.74, 6) is 0. The number of sulfonamides is 1. The van der Waals surface area contributed by atoms with Crippen LogP contribution in [0.3, 0.4) is 0 Å². The molecule has 1 aliphatic rings. The summed E-state index contributed by atoms with van der Waals surface area (Å²) in [5, 5.41) is 6.55. The Morgan fingerprint density at radius 2 is 2.05 bits per heavy atom. The van der Waals surface area contributed by atoms with E-state index >= 15 is 0 Å². The molecule has 7 nitrogen and oxygen atoms in total. The monoisotopic (exact) mass is 289 g/mol. The van der Waals surface area contributed by atoms with E-state index in [1.165, 1.54) is 0 Å². The lowest BCUT2D eigenvalue weighted by molar-refractivity contribution is -0.180. The second-order valence-corrected chi connectivity index (χ2v) is 6.18. The molecular formula is C11H19N3O4S. The zero-order valence-electron chi connectivity index (χ0n) is 11.1. The first-order chi connectivity index (χ1) is 9.00. The van der Waals surface area contributed by atoms with Crippen molar-refractivity contribution in [2.75, 3.05) is 19.8 Å². The van der Waals surface area contributed by atoms with Crippen molar-refractivity contribution in [1.82, 2.24) is 14.9 Å². The fraction of sp³-hybridized carbons (Fsp3) is 0.727. The Bertz CT molecular complexity index is 501. The van der Waals surface area contributed by atoms with Crippen molar-refractivity contribution in [3.63, 3.8) is 0 Å². The maximum atomic E-state index is 12.1. The molecule has 2 rings (SSSR count). The van der Waals surface area contributed by atoms with Crippen molar-refractivity contribution in [3.8, 4) is 0 Å². The lowest BCUT2D eigenvalue weighted by Crippen LogP contribution is -2.32. The van der Waals surface area contributed by atoms with Gasteiger partial charge in [0.25, 0.3) is 0 Å². The van der Waals surface area contributed by atoms with E-state index in [2.05, 4.69) is 14.9 Å². The summed E-state index contributed by atoms with van der Waals surface area (Å²) >= 11 is 0. The molecule has 0 amide bonds. The Morgan fingerprint density at radius 3 is 2.63 bits per heavy atom. The number of nitrogens with one attached hydrogen (secondary N) is 2. The van der Waals surface area contributed by atoms with Gasteiger partial charge in [0.15, 0.2) is 6.29 Å². The van der Waals surface area contributed by atoms with Crippen LogP contribution in [0.2, 0.25) is 0 Å². The van der Waals surface area contributed by atoms with Crippen LogP contribution in [0.5, 0.6) is 0 Å². The first-order valence-electron chi connectivity index (χ1n) is 6.25. The summed E-state index contributed by atoms with van der Waals surface area (Å²) in [5.41, 5.74) is 1.00. The molecule has 0 saturated carbocycles. The van der Waals surface area contributed by atoms with Crippen molar-refractivity contribution in [2.24, 2.45) is 0 Å². The molecule has 1 fully saturated rings. The van der Waals surface area contributed by atoms with Crippen LogP contribution < -0.4 is 4.72 Å². The average Bonchev–Trinajstić information content (AvgIpc) is 2.70. The van der Waals surface area contributed by atoms with Gasteiger partial charge in [0.05, 0.1) is 24.6 Å². The van der Waals surface area contributed by atoms with Gasteiger partial charge in [0.2, 0.25) is 10.0 Å². The third-order valence-corrected chi connectivity index (χ3v) is 4.62. The van der Waals surface area contributed by atoms with E-state index in [4.69, 9.17) is 9.47 Å². The van der Waals surface area contributed by atoms with Crippen LogP contribution >= 0.6 is 0 Å². The number of rotatable bonds is 5. The molecule has 8 heteroatoms. The van der Waals surface area contributed by atoms with Crippen molar-refractivity contribution in [2.45, 2.75) is 37.9 Å². The lowest BCUT2D eigenvalue weighted by atomic mass is 10.4. The second-order valence-electron chi connectivity index (χ2n) is 4.47. The van der Waals surface area contributed by atoms with E-state index < -0.39 is 10.0 Å². The number of aromatic nitrogens is 2. The minimum Gasteiger partial charge on any atom is -0.353 e. The van der Waals surface area contributed by atoms with Crippen molar-refractivity contribution >= 4 is 10.0 Å². The Hall–Kier alpha value is -0.960. The smallest absolute Gasteiger partial charge is 0.244 e. The first-order valence-corrected chi connectivity index (χ1v) is 7.73. The number of aromatic amines is 1. The third kappa shape index (κ3) is 3.53. The fourth-order valence-corrected chi connectivity index (χ4v) is 3.44. The summed E-state index contributed by atoms with van der Waals surface area (Å²) < 4.78 is 37.5. The molecule has 0 atom stereocenters. The fourth-order valence-electron chi connectivity index (χ4n) is 2.02. The average molecular weight is 289 g/mol. The molecule has 0 spiro atoms. The van der Waals surface area contributed by atoms with E-state index in [9.17, 15) is 8.42 Å². The summed E-state index contributed by atoms with van der Waals surface area (Å²) in [7, 11) is -3.53. The first kappa shape index (κ1) is 14.4. The van der Waals surface area contributed by atoms with Crippen molar-refractivity contribution < 1.29 is 17.9 Å². The second kappa shape index (κ2) is 6.00. The van der Waals surface area contributed by atoms with Gasteiger partial charge in [-0.3, -0.25) is 5.10 Å². The number of hydrogen-bond donors (Lipinski definition) is 2. The molecule has 1 saturated heterocycles. The highest BCUT2D eigenvalue weighted by Gasteiger charge is 2.22. The number of hydrogen-bond acceptors (Lipinski definition) is 5. The van der Waals surface area contributed by atoms with Crippen LogP contribution in [0.15, 0.2) is 4.90 Å². The summed E-state index contributed by atoms with van der Waals surface area (Å²) in [6.07, 6.45) is 1.06. The maximum Gasteiger partial charge on any atom is 0.244 e. The minimum atomic E-state index is -3.53. The molecule has 1 aromatic rings. The van der Waals surface area contributed by atoms with Gasteiger partial charge in [-0.05, 0) is 20.3 Å². The van der Waals surface area contributed by atoms with Crippen molar-refractivity contribution in [1.29, 1.82) is 0 Å². The van der Waals surface area contributed by atoms with Crippen LogP contribution in [0.25, 0.3) is 0 Å². The van der Waals surface area contributed by atoms with Crippen molar-refractivity contribution in [3.05, 3.63) is 11.4 Å². The number of H-pyrrole nitrogens is 1. The molecule has 2 N–H and O–H groups in total. The SMILES string of the molecule is Cc1n[nH]c(C)c1S(=O)(=O)NCCC1OCCCO1. The van der Waals surface area contributed by atoms with E-state index in [-0.39, 0.29) is 17.7 Å². The van der Waals surface area contributed by atoms with Crippen LogP contribution in [0, 0.1) is 13.8 Å². The number of nitrogens with zero attached hydrogens (tertiary/aromatic N) is 1. The topological polar surface area (TPSA) is 93.3 Å². The van der Waals surface area contributed by atoms with E-state index in [1.54, 1.807) is 13.8 Å². The molecule has 0 aliphatic carbocycles. The van der Waals surface area contributed by atoms with Gasteiger partial charge >= 0.3 is 0 Å². The van der Waals surface area contributed by atoms with Gasteiger partial charge in [-0.15, -0.1) is 0 Å². The summed E-state index contributed by atoms with van der Waals surface area (Å²) in [4.78, 5) is 0.220. The molecule has 0 bridgehead atoms.